The number of amidine groups is 1. The molecule has 5 nitrogen and oxygen atoms in total. The predicted molar refractivity (Wildman–Crippen MR) is 70.9 cm³/mol. The highest BCUT2D eigenvalue weighted by Crippen LogP contribution is 2.45. The van der Waals surface area contributed by atoms with E-state index in [0.29, 0.717) is 13.2 Å². The van der Waals surface area contributed by atoms with Gasteiger partial charge in [0.25, 0.3) is 0 Å². The zero-order valence-electron chi connectivity index (χ0n) is 10.9. The van der Waals surface area contributed by atoms with Gasteiger partial charge in [-0.1, -0.05) is 6.07 Å². The highest BCUT2D eigenvalue weighted by Gasteiger charge is 2.49. The van der Waals surface area contributed by atoms with Crippen LogP contribution in [0.15, 0.2) is 24.4 Å². The standard InChI is InChI=1S/C14H19N3O2/c15-12(16)13(11-3-1-2-8-17-11)4-6-14(7-5-13)18-9-10-19-14/h1-3,8H,4-7,9-10H2,(H3,15,16). The molecular weight excluding hydrogens is 242 g/mol. The highest BCUT2D eigenvalue weighted by atomic mass is 16.7. The van der Waals surface area contributed by atoms with Crippen molar-refractivity contribution in [3.8, 4) is 0 Å². The van der Waals surface area contributed by atoms with Crippen LogP contribution in [0, 0.1) is 5.41 Å². The molecule has 2 aliphatic rings. The summed E-state index contributed by atoms with van der Waals surface area (Å²) in [6, 6.07) is 5.78. The van der Waals surface area contributed by atoms with E-state index in [1.54, 1.807) is 6.20 Å². The van der Waals surface area contributed by atoms with Gasteiger partial charge in [-0.2, -0.15) is 0 Å². The summed E-state index contributed by atoms with van der Waals surface area (Å²) in [5.41, 5.74) is 6.31. The van der Waals surface area contributed by atoms with E-state index in [-0.39, 0.29) is 5.84 Å². The molecule has 0 amide bonds. The minimum Gasteiger partial charge on any atom is -0.387 e. The molecule has 5 heteroatoms. The molecule has 0 aromatic carbocycles. The fourth-order valence-corrected chi connectivity index (χ4v) is 3.15. The van der Waals surface area contributed by atoms with Crippen molar-refractivity contribution in [2.45, 2.75) is 36.9 Å². The molecule has 0 bridgehead atoms. The topological polar surface area (TPSA) is 81.2 Å². The van der Waals surface area contributed by atoms with Crippen molar-refractivity contribution in [2.75, 3.05) is 13.2 Å². The van der Waals surface area contributed by atoms with Gasteiger partial charge in [0.15, 0.2) is 5.79 Å². The Morgan fingerprint density at radius 1 is 1.16 bits per heavy atom. The van der Waals surface area contributed by atoms with Crippen LogP contribution in [-0.2, 0) is 14.9 Å². The minimum absolute atomic E-state index is 0.194. The number of nitrogens with one attached hydrogen (secondary N) is 1. The molecule has 1 saturated heterocycles. The Morgan fingerprint density at radius 2 is 1.84 bits per heavy atom. The van der Waals surface area contributed by atoms with Gasteiger partial charge in [0.2, 0.25) is 0 Å². The Hall–Kier alpha value is -1.46. The van der Waals surface area contributed by atoms with Crippen LogP contribution < -0.4 is 5.73 Å². The number of pyridine rings is 1. The second-order valence-corrected chi connectivity index (χ2v) is 5.32. The fraction of sp³-hybridized carbons (Fsp3) is 0.571. The lowest BCUT2D eigenvalue weighted by atomic mass is 9.69. The maximum absolute atomic E-state index is 7.99. The monoisotopic (exact) mass is 261 g/mol. The Morgan fingerprint density at radius 3 is 2.37 bits per heavy atom. The van der Waals surface area contributed by atoms with Crippen molar-refractivity contribution in [1.29, 1.82) is 5.41 Å². The van der Waals surface area contributed by atoms with E-state index in [9.17, 15) is 0 Å². The lowest BCUT2D eigenvalue weighted by Crippen LogP contribution is -2.49. The first-order valence-electron chi connectivity index (χ1n) is 6.71. The van der Waals surface area contributed by atoms with Crippen LogP contribution in [0.1, 0.15) is 31.4 Å². The average molecular weight is 261 g/mol. The average Bonchev–Trinajstić information content (AvgIpc) is 2.89. The lowest BCUT2D eigenvalue weighted by molar-refractivity contribution is -0.181. The number of ether oxygens (including phenoxy) is 2. The lowest BCUT2D eigenvalue weighted by Gasteiger charge is -2.42. The molecule has 2 fully saturated rings. The van der Waals surface area contributed by atoms with Crippen molar-refractivity contribution in [1.82, 2.24) is 4.98 Å². The van der Waals surface area contributed by atoms with Gasteiger partial charge < -0.3 is 15.2 Å². The van der Waals surface area contributed by atoms with Gasteiger partial charge in [-0.3, -0.25) is 10.4 Å². The molecule has 102 valence electrons. The third-order valence-electron chi connectivity index (χ3n) is 4.35. The molecule has 0 atom stereocenters. The van der Waals surface area contributed by atoms with Gasteiger partial charge in [0, 0.05) is 19.0 Å². The molecule has 0 unspecified atom stereocenters. The number of hydrogen-bond acceptors (Lipinski definition) is 4. The van der Waals surface area contributed by atoms with Gasteiger partial charge >= 0.3 is 0 Å². The smallest absolute Gasteiger partial charge is 0.168 e. The summed E-state index contributed by atoms with van der Waals surface area (Å²) < 4.78 is 11.5. The Balaban J connectivity index is 1.87. The summed E-state index contributed by atoms with van der Waals surface area (Å²) in [5.74, 6) is -0.243. The van der Waals surface area contributed by atoms with Crippen molar-refractivity contribution in [3.05, 3.63) is 30.1 Å². The van der Waals surface area contributed by atoms with Gasteiger partial charge in [0.1, 0.15) is 5.84 Å². The predicted octanol–water partition coefficient (Wildman–Crippen LogP) is 1.57. The second-order valence-electron chi connectivity index (χ2n) is 5.32. The Kier molecular flexibility index (Phi) is 3.03. The molecule has 3 N–H and O–H groups in total. The van der Waals surface area contributed by atoms with Crippen LogP contribution in [0.25, 0.3) is 0 Å². The normalized spacial score (nSPS) is 24.4. The summed E-state index contributed by atoms with van der Waals surface area (Å²) in [5, 5.41) is 7.99. The zero-order chi connectivity index (χ0) is 13.3. The van der Waals surface area contributed by atoms with E-state index in [1.165, 1.54) is 0 Å². The molecule has 1 aliphatic carbocycles. The molecular formula is C14H19N3O2. The quantitative estimate of drug-likeness (QED) is 0.625. The molecule has 3 rings (SSSR count). The number of nitrogens with zero attached hydrogens (tertiary/aromatic N) is 1. The van der Waals surface area contributed by atoms with Crippen LogP contribution in [0.2, 0.25) is 0 Å². The zero-order valence-corrected chi connectivity index (χ0v) is 10.9. The molecule has 1 saturated carbocycles. The maximum atomic E-state index is 7.99. The Labute approximate surface area is 112 Å². The van der Waals surface area contributed by atoms with E-state index < -0.39 is 11.2 Å². The highest BCUT2D eigenvalue weighted by molar-refractivity contribution is 5.88. The third kappa shape index (κ3) is 2.03. The first-order chi connectivity index (χ1) is 9.17. The van der Waals surface area contributed by atoms with E-state index >= 15 is 0 Å². The maximum Gasteiger partial charge on any atom is 0.168 e. The summed E-state index contributed by atoms with van der Waals surface area (Å²) in [4.78, 5) is 4.41. The van der Waals surface area contributed by atoms with Gasteiger partial charge in [-0.15, -0.1) is 0 Å². The fourth-order valence-electron chi connectivity index (χ4n) is 3.15. The molecule has 2 heterocycles. The summed E-state index contributed by atoms with van der Waals surface area (Å²) in [6.45, 7) is 1.33. The summed E-state index contributed by atoms with van der Waals surface area (Å²) in [7, 11) is 0. The Bertz CT molecular complexity index is 459. The molecule has 19 heavy (non-hydrogen) atoms. The van der Waals surface area contributed by atoms with Crippen molar-refractivity contribution in [2.24, 2.45) is 5.73 Å². The van der Waals surface area contributed by atoms with Crippen LogP contribution in [0.5, 0.6) is 0 Å². The van der Waals surface area contributed by atoms with Gasteiger partial charge in [-0.05, 0) is 25.0 Å². The van der Waals surface area contributed by atoms with Crippen LogP contribution >= 0.6 is 0 Å². The van der Waals surface area contributed by atoms with E-state index in [1.807, 2.05) is 18.2 Å². The number of rotatable bonds is 2. The van der Waals surface area contributed by atoms with Gasteiger partial charge in [-0.25, -0.2) is 0 Å². The van der Waals surface area contributed by atoms with Crippen LogP contribution in [-0.4, -0.2) is 29.8 Å². The largest absolute Gasteiger partial charge is 0.387 e. The minimum atomic E-state index is -0.457. The summed E-state index contributed by atoms with van der Waals surface area (Å²) >= 11 is 0. The summed E-state index contributed by atoms with van der Waals surface area (Å²) in [6.07, 6.45) is 4.79. The first kappa shape index (κ1) is 12.6. The molecule has 1 spiro atoms. The molecule has 1 aliphatic heterocycles. The van der Waals surface area contributed by atoms with Crippen molar-refractivity contribution in [3.63, 3.8) is 0 Å². The molecule has 0 radical (unpaired) electrons. The van der Waals surface area contributed by atoms with E-state index in [4.69, 9.17) is 20.6 Å². The molecule has 1 aromatic rings. The van der Waals surface area contributed by atoms with Crippen molar-refractivity contribution >= 4 is 5.84 Å². The van der Waals surface area contributed by atoms with E-state index in [0.717, 1.165) is 31.4 Å². The van der Waals surface area contributed by atoms with Crippen molar-refractivity contribution < 1.29 is 9.47 Å². The van der Waals surface area contributed by atoms with E-state index in [2.05, 4.69) is 4.98 Å². The van der Waals surface area contributed by atoms with Crippen LogP contribution in [0.3, 0.4) is 0 Å². The van der Waals surface area contributed by atoms with Gasteiger partial charge in [0.05, 0.1) is 24.3 Å². The SMILES string of the molecule is N=C(N)C1(c2ccccn2)CCC2(CC1)OCCO2. The molecule has 1 aromatic heterocycles. The number of hydrogen-bond donors (Lipinski definition) is 2. The number of aromatic nitrogens is 1. The second kappa shape index (κ2) is 4.58. The third-order valence-corrected chi connectivity index (χ3v) is 4.35. The first-order valence-corrected chi connectivity index (χ1v) is 6.71. The van der Waals surface area contributed by atoms with Crippen LogP contribution in [0.4, 0.5) is 0 Å². The number of nitrogens with two attached hydrogens (primary N) is 1.